The van der Waals surface area contributed by atoms with Crippen molar-refractivity contribution in [2.75, 3.05) is 6.61 Å². The highest BCUT2D eigenvalue weighted by Crippen LogP contribution is 2.14. The third-order valence-corrected chi connectivity index (χ3v) is 6.50. The fourth-order valence-electron chi connectivity index (χ4n) is 4.28. The second-order valence-corrected chi connectivity index (χ2v) is 10.1. The average Bonchev–Trinajstić information content (AvgIpc) is 2.85. The first-order valence-corrected chi connectivity index (χ1v) is 14.3. The van der Waals surface area contributed by atoms with Crippen molar-refractivity contribution in [2.24, 2.45) is 5.73 Å². The van der Waals surface area contributed by atoms with Gasteiger partial charge in [-0.05, 0) is 25.3 Å². The summed E-state index contributed by atoms with van der Waals surface area (Å²) in [6.07, 6.45) is 20.5. The minimum Gasteiger partial charge on any atom is -0.464 e. The SMILES string of the molecule is CCCCCCCCCCCCCCCCCC(=O)OCC(C)NC(=O)C(N)Cc1ccccc1. The van der Waals surface area contributed by atoms with E-state index in [0.29, 0.717) is 12.8 Å². The zero-order valence-electron chi connectivity index (χ0n) is 22.6. The molecule has 200 valence electrons. The summed E-state index contributed by atoms with van der Waals surface area (Å²) in [4.78, 5) is 24.2. The van der Waals surface area contributed by atoms with E-state index in [2.05, 4.69) is 12.2 Å². The van der Waals surface area contributed by atoms with Crippen molar-refractivity contribution in [1.29, 1.82) is 0 Å². The number of carbonyl (C=O) groups is 2. The zero-order chi connectivity index (χ0) is 25.6. The van der Waals surface area contributed by atoms with E-state index in [4.69, 9.17) is 10.5 Å². The summed E-state index contributed by atoms with van der Waals surface area (Å²) < 4.78 is 5.33. The molecule has 5 heteroatoms. The summed E-state index contributed by atoms with van der Waals surface area (Å²) in [5.41, 5.74) is 7.03. The quantitative estimate of drug-likeness (QED) is 0.138. The smallest absolute Gasteiger partial charge is 0.305 e. The summed E-state index contributed by atoms with van der Waals surface area (Å²) in [6.45, 7) is 4.28. The van der Waals surface area contributed by atoms with E-state index in [0.717, 1.165) is 18.4 Å². The van der Waals surface area contributed by atoms with Gasteiger partial charge in [0.25, 0.3) is 0 Å². The Morgan fingerprint density at radius 2 is 1.29 bits per heavy atom. The van der Waals surface area contributed by atoms with Crippen LogP contribution in [-0.4, -0.2) is 30.6 Å². The van der Waals surface area contributed by atoms with Gasteiger partial charge in [0.1, 0.15) is 6.61 Å². The molecule has 0 aliphatic heterocycles. The Balaban J connectivity index is 1.91. The van der Waals surface area contributed by atoms with E-state index in [1.165, 1.54) is 83.5 Å². The molecule has 5 nitrogen and oxygen atoms in total. The fourth-order valence-corrected chi connectivity index (χ4v) is 4.28. The van der Waals surface area contributed by atoms with Crippen LogP contribution in [0.15, 0.2) is 30.3 Å². The Morgan fingerprint density at radius 1 is 0.800 bits per heavy atom. The highest BCUT2D eigenvalue weighted by molar-refractivity contribution is 5.82. The summed E-state index contributed by atoms with van der Waals surface area (Å²) >= 11 is 0. The molecule has 0 heterocycles. The van der Waals surface area contributed by atoms with Gasteiger partial charge >= 0.3 is 5.97 Å². The van der Waals surface area contributed by atoms with Gasteiger partial charge in [-0.2, -0.15) is 0 Å². The topological polar surface area (TPSA) is 81.4 Å². The first-order valence-electron chi connectivity index (χ1n) is 14.3. The number of esters is 1. The van der Waals surface area contributed by atoms with Gasteiger partial charge in [-0.3, -0.25) is 9.59 Å². The van der Waals surface area contributed by atoms with E-state index >= 15 is 0 Å². The van der Waals surface area contributed by atoms with Crippen LogP contribution in [-0.2, 0) is 20.7 Å². The standard InChI is InChI=1S/C30H52N2O3/c1-3-4-5-6-7-8-9-10-11-12-13-14-15-16-20-23-29(33)35-25-26(2)32-30(34)28(31)24-27-21-18-17-19-22-27/h17-19,21-22,26,28H,3-16,20,23-25,31H2,1-2H3,(H,32,34). The van der Waals surface area contributed by atoms with Crippen LogP contribution in [0.5, 0.6) is 0 Å². The van der Waals surface area contributed by atoms with Crippen LogP contribution in [0.3, 0.4) is 0 Å². The van der Waals surface area contributed by atoms with Crippen molar-refractivity contribution in [3.05, 3.63) is 35.9 Å². The zero-order valence-corrected chi connectivity index (χ0v) is 22.6. The number of unbranched alkanes of at least 4 members (excludes halogenated alkanes) is 14. The van der Waals surface area contributed by atoms with E-state index in [1.807, 2.05) is 37.3 Å². The largest absolute Gasteiger partial charge is 0.464 e. The molecular formula is C30H52N2O3. The van der Waals surface area contributed by atoms with Crippen LogP contribution in [0.2, 0.25) is 0 Å². The summed E-state index contributed by atoms with van der Waals surface area (Å²) in [6, 6.07) is 8.84. The monoisotopic (exact) mass is 488 g/mol. The number of amides is 1. The predicted molar refractivity (Wildman–Crippen MR) is 146 cm³/mol. The number of hydrogen-bond acceptors (Lipinski definition) is 4. The molecule has 1 aromatic carbocycles. The molecule has 0 aliphatic rings. The van der Waals surface area contributed by atoms with Gasteiger partial charge in [0.2, 0.25) is 5.91 Å². The van der Waals surface area contributed by atoms with Crippen LogP contribution < -0.4 is 11.1 Å². The summed E-state index contributed by atoms with van der Waals surface area (Å²) in [5.74, 6) is -0.408. The number of nitrogens with one attached hydrogen (secondary N) is 1. The van der Waals surface area contributed by atoms with Crippen LogP contribution in [0.4, 0.5) is 0 Å². The Morgan fingerprint density at radius 3 is 1.80 bits per heavy atom. The minimum atomic E-state index is -0.615. The van der Waals surface area contributed by atoms with Crippen molar-refractivity contribution in [3.63, 3.8) is 0 Å². The molecule has 2 atom stereocenters. The minimum absolute atomic E-state index is 0.182. The maximum atomic E-state index is 12.3. The molecule has 0 aliphatic carbocycles. The number of nitrogens with two attached hydrogens (primary N) is 1. The molecule has 1 rings (SSSR count). The van der Waals surface area contributed by atoms with E-state index in [-0.39, 0.29) is 24.5 Å². The van der Waals surface area contributed by atoms with Gasteiger partial charge in [0.15, 0.2) is 0 Å². The normalized spacial score (nSPS) is 12.8. The van der Waals surface area contributed by atoms with Gasteiger partial charge in [-0.25, -0.2) is 0 Å². The molecule has 35 heavy (non-hydrogen) atoms. The maximum Gasteiger partial charge on any atom is 0.305 e. The second kappa shape index (κ2) is 21.4. The number of rotatable bonds is 22. The van der Waals surface area contributed by atoms with Gasteiger partial charge in [-0.1, -0.05) is 127 Å². The highest BCUT2D eigenvalue weighted by Gasteiger charge is 2.17. The van der Waals surface area contributed by atoms with Crippen LogP contribution in [0.1, 0.15) is 122 Å². The molecule has 0 bridgehead atoms. The second-order valence-electron chi connectivity index (χ2n) is 10.1. The van der Waals surface area contributed by atoms with Crippen molar-refractivity contribution >= 4 is 11.9 Å². The molecule has 1 amide bonds. The van der Waals surface area contributed by atoms with Crippen molar-refractivity contribution < 1.29 is 14.3 Å². The van der Waals surface area contributed by atoms with Gasteiger partial charge in [0.05, 0.1) is 12.1 Å². The molecular weight excluding hydrogens is 436 g/mol. The van der Waals surface area contributed by atoms with E-state index in [1.54, 1.807) is 0 Å². The summed E-state index contributed by atoms with van der Waals surface area (Å²) in [5, 5.41) is 2.84. The molecule has 2 unspecified atom stereocenters. The molecule has 0 radical (unpaired) electrons. The van der Waals surface area contributed by atoms with Crippen molar-refractivity contribution in [2.45, 2.75) is 135 Å². The van der Waals surface area contributed by atoms with Gasteiger partial charge < -0.3 is 15.8 Å². The molecule has 0 aromatic heterocycles. The van der Waals surface area contributed by atoms with Gasteiger partial charge in [-0.15, -0.1) is 0 Å². The average molecular weight is 489 g/mol. The Hall–Kier alpha value is -1.88. The molecule has 0 saturated heterocycles. The van der Waals surface area contributed by atoms with Crippen molar-refractivity contribution in [3.8, 4) is 0 Å². The van der Waals surface area contributed by atoms with Crippen LogP contribution >= 0.6 is 0 Å². The van der Waals surface area contributed by atoms with E-state index < -0.39 is 6.04 Å². The Bertz CT molecular complexity index is 650. The molecule has 0 fully saturated rings. The van der Waals surface area contributed by atoms with Crippen molar-refractivity contribution in [1.82, 2.24) is 5.32 Å². The van der Waals surface area contributed by atoms with Gasteiger partial charge in [0, 0.05) is 6.42 Å². The first-order chi connectivity index (χ1) is 17.0. The Kier molecular flexibility index (Phi) is 19.1. The molecule has 3 N–H and O–H groups in total. The fraction of sp³-hybridized carbons (Fsp3) is 0.733. The number of ether oxygens (including phenoxy) is 1. The maximum absolute atomic E-state index is 12.3. The third kappa shape index (κ3) is 18.1. The van der Waals surface area contributed by atoms with E-state index in [9.17, 15) is 9.59 Å². The predicted octanol–water partition coefficient (Wildman–Crippen LogP) is 6.87. The lowest BCUT2D eigenvalue weighted by Gasteiger charge is -2.17. The number of hydrogen-bond donors (Lipinski definition) is 2. The molecule has 1 aromatic rings. The summed E-state index contributed by atoms with van der Waals surface area (Å²) in [7, 11) is 0. The lowest BCUT2D eigenvalue weighted by molar-refractivity contribution is -0.145. The molecule has 0 saturated carbocycles. The van der Waals surface area contributed by atoms with Crippen LogP contribution in [0.25, 0.3) is 0 Å². The van der Waals surface area contributed by atoms with Crippen LogP contribution in [0, 0.1) is 0 Å². The lowest BCUT2D eigenvalue weighted by atomic mass is 10.0. The number of benzene rings is 1. The lowest BCUT2D eigenvalue weighted by Crippen LogP contribution is -2.47. The molecule has 0 spiro atoms. The first kappa shape index (κ1) is 31.2. The highest BCUT2D eigenvalue weighted by atomic mass is 16.5. The number of carbonyl (C=O) groups excluding carboxylic acids is 2. The Labute approximate surface area is 215 Å². The third-order valence-electron chi connectivity index (χ3n) is 6.50.